The number of rotatable bonds is 3. The fourth-order valence-corrected chi connectivity index (χ4v) is 2.50. The molecular formula is C16H18N4. The Balaban J connectivity index is 2.33. The summed E-state index contributed by atoms with van der Waals surface area (Å²) in [4.78, 5) is 9.26. The topological polar surface area (TPSA) is 42.7 Å². The molecule has 0 atom stereocenters. The number of anilines is 1. The van der Waals surface area contributed by atoms with E-state index in [1.54, 1.807) is 0 Å². The molecule has 0 bridgehead atoms. The van der Waals surface area contributed by atoms with Crippen molar-refractivity contribution < 1.29 is 0 Å². The predicted octanol–water partition coefficient (Wildman–Crippen LogP) is 3.72. The third-order valence-corrected chi connectivity index (χ3v) is 3.40. The van der Waals surface area contributed by atoms with Crippen molar-refractivity contribution in [3.05, 3.63) is 42.6 Å². The summed E-state index contributed by atoms with van der Waals surface area (Å²) in [6, 6.07) is 12.4. The van der Waals surface area contributed by atoms with E-state index >= 15 is 0 Å². The summed E-state index contributed by atoms with van der Waals surface area (Å²) in [5.41, 5.74) is 4.04. The SMILES string of the molecule is CNc1ccccc1-c1nc2cccnc2n1C(C)C. The van der Waals surface area contributed by atoms with Crippen LogP contribution in [0.3, 0.4) is 0 Å². The highest BCUT2D eigenvalue weighted by atomic mass is 15.1. The summed E-state index contributed by atoms with van der Waals surface area (Å²) < 4.78 is 2.19. The highest BCUT2D eigenvalue weighted by Crippen LogP contribution is 2.31. The Labute approximate surface area is 118 Å². The minimum atomic E-state index is 0.301. The fourth-order valence-electron chi connectivity index (χ4n) is 2.50. The van der Waals surface area contributed by atoms with E-state index in [9.17, 15) is 0 Å². The maximum absolute atomic E-state index is 4.77. The van der Waals surface area contributed by atoms with Gasteiger partial charge in [-0.2, -0.15) is 0 Å². The first kappa shape index (κ1) is 12.7. The van der Waals surface area contributed by atoms with Crippen LogP contribution in [0.4, 0.5) is 5.69 Å². The quantitative estimate of drug-likeness (QED) is 0.785. The second-order valence-corrected chi connectivity index (χ2v) is 5.04. The van der Waals surface area contributed by atoms with Crippen LogP contribution in [0, 0.1) is 0 Å². The highest BCUT2D eigenvalue weighted by molar-refractivity contribution is 5.82. The first-order chi connectivity index (χ1) is 9.72. The van der Waals surface area contributed by atoms with E-state index in [2.05, 4.69) is 40.8 Å². The number of para-hydroxylation sites is 1. The molecule has 0 aliphatic rings. The Morgan fingerprint density at radius 2 is 1.90 bits per heavy atom. The van der Waals surface area contributed by atoms with Gasteiger partial charge in [0.15, 0.2) is 5.65 Å². The van der Waals surface area contributed by atoms with E-state index in [1.807, 2.05) is 37.5 Å². The minimum absolute atomic E-state index is 0.301. The van der Waals surface area contributed by atoms with Crippen molar-refractivity contribution in [3.63, 3.8) is 0 Å². The maximum Gasteiger partial charge on any atom is 0.160 e. The van der Waals surface area contributed by atoms with Gasteiger partial charge in [-0.3, -0.25) is 0 Å². The van der Waals surface area contributed by atoms with Gasteiger partial charge < -0.3 is 9.88 Å². The van der Waals surface area contributed by atoms with Crippen LogP contribution in [0.1, 0.15) is 19.9 Å². The summed E-state index contributed by atoms with van der Waals surface area (Å²) in [6.07, 6.45) is 1.82. The lowest BCUT2D eigenvalue weighted by atomic mass is 10.1. The average molecular weight is 266 g/mol. The smallest absolute Gasteiger partial charge is 0.160 e. The number of aromatic nitrogens is 3. The summed E-state index contributed by atoms with van der Waals surface area (Å²) in [5, 5.41) is 3.23. The zero-order valence-electron chi connectivity index (χ0n) is 12.0. The first-order valence-electron chi connectivity index (χ1n) is 6.82. The van der Waals surface area contributed by atoms with E-state index in [0.717, 1.165) is 28.2 Å². The standard InChI is InChI=1S/C16H18N4/c1-11(2)20-15(12-7-4-5-8-13(12)17-3)19-14-9-6-10-18-16(14)20/h4-11,17H,1-3H3. The van der Waals surface area contributed by atoms with Gasteiger partial charge in [0.1, 0.15) is 11.3 Å². The Kier molecular flexibility index (Phi) is 3.14. The van der Waals surface area contributed by atoms with Crippen LogP contribution < -0.4 is 5.32 Å². The molecule has 0 aliphatic carbocycles. The molecule has 1 N–H and O–H groups in total. The maximum atomic E-state index is 4.77. The van der Waals surface area contributed by atoms with Crippen molar-refractivity contribution >= 4 is 16.9 Å². The second kappa shape index (κ2) is 4.96. The zero-order chi connectivity index (χ0) is 14.1. The average Bonchev–Trinajstić information content (AvgIpc) is 2.86. The molecular weight excluding hydrogens is 248 g/mol. The number of nitrogens with zero attached hydrogens (tertiary/aromatic N) is 3. The van der Waals surface area contributed by atoms with Crippen LogP contribution in [0.2, 0.25) is 0 Å². The van der Waals surface area contributed by atoms with Gasteiger partial charge in [0.2, 0.25) is 0 Å². The van der Waals surface area contributed by atoms with Crippen molar-refractivity contribution in [2.75, 3.05) is 12.4 Å². The van der Waals surface area contributed by atoms with Gasteiger partial charge in [0.05, 0.1) is 0 Å². The Morgan fingerprint density at radius 1 is 1.10 bits per heavy atom. The number of nitrogens with one attached hydrogen (secondary N) is 1. The molecule has 3 rings (SSSR count). The fraction of sp³-hybridized carbons (Fsp3) is 0.250. The van der Waals surface area contributed by atoms with E-state index in [1.165, 1.54) is 0 Å². The molecule has 0 fully saturated rings. The molecule has 1 aromatic carbocycles. The number of hydrogen-bond donors (Lipinski definition) is 1. The van der Waals surface area contributed by atoms with E-state index in [-0.39, 0.29) is 0 Å². The summed E-state index contributed by atoms with van der Waals surface area (Å²) in [5.74, 6) is 0.957. The van der Waals surface area contributed by atoms with Crippen LogP contribution in [0.5, 0.6) is 0 Å². The van der Waals surface area contributed by atoms with Crippen LogP contribution in [-0.4, -0.2) is 21.6 Å². The third-order valence-electron chi connectivity index (χ3n) is 3.40. The molecule has 3 aromatic rings. The molecule has 4 nitrogen and oxygen atoms in total. The number of pyridine rings is 1. The highest BCUT2D eigenvalue weighted by Gasteiger charge is 2.17. The summed E-state index contributed by atoms with van der Waals surface area (Å²) >= 11 is 0. The Bertz CT molecular complexity index is 743. The van der Waals surface area contributed by atoms with Gasteiger partial charge in [0.25, 0.3) is 0 Å². The Morgan fingerprint density at radius 3 is 2.65 bits per heavy atom. The van der Waals surface area contributed by atoms with E-state index in [4.69, 9.17) is 4.98 Å². The molecule has 0 amide bonds. The molecule has 0 spiro atoms. The molecule has 4 heteroatoms. The van der Waals surface area contributed by atoms with Crippen molar-refractivity contribution in [2.24, 2.45) is 0 Å². The monoisotopic (exact) mass is 266 g/mol. The molecule has 0 radical (unpaired) electrons. The van der Waals surface area contributed by atoms with Gasteiger partial charge in [-0.05, 0) is 38.1 Å². The van der Waals surface area contributed by atoms with Crippen LogP contribution in [0.25, 0.3) is 22.6 Å². The van der Waals surface area contributed by atoms with Gasteiger partial charge >= 0.3 is 0 Å². The lowest BCUT2D eigenvalue weighted by Crippen LogP contribution is -2.05. The van der Waals surface area contributed by atoms with Gasteiger partial charge in [-0.25, -0.2) is 9.97 Å². The summed E-state index contributed by atoms with van der Waals surface area (Å²) in [6.45, 7) is 4.31. The van der Waals surface area contributed by atoms with Crippen molar-refractivity contribution in [1.82, 2.24) is 14.5 Å². The number of imidazole rings is 1. The molecule has 0 unspecified atom stereocenters. The molecule has 0 saturated heterocycles. The molecule has 102 valence electrons. The van der Waals surface area contributed by atoms with Crippen molar-refractivity contribution in [1.29, 1.82) is 0 Å². The molecule has 2 aromatic heterocycles. The number of benzene rings is 1. The zero-order valence-corrected chi connectivity index (χ0v) is 12.0. The second-order valence-electron chi connectivity index (χ2n) is 5.04. The summed E-state index contributed by atoms with van der Waals surface area (Å²) in [7, 11) is 1.93. The van der Waals surface area contributed by atoms with E-state index in [0.29, 0.717) is 6.04 Å². The third kappa shape index (κ3) is 1.93. The molecule has 0 saturated carbocycles. The minimum Gasteiger partial charge on any atom is -0.388 e. The molecule has 20 heavy (non-hydrogen) atoms. The van der Waals surface area contributed by atoms with Crippen LogP contribution in [0.15, 0.2) is 42.6 Å². The van der Waals surface area contributed by atoms with Crippen LogP contribution >= 0.6 is 0 Å². The van der Waals surface area contributed by atoms with Gasteiger partial charge in [-0.1, -0.05) is 12.1 Å². The number of fused-ring (bicyclic) bond motifs is 1. The normalized spacial score (nSPS) is 11.2. The largest absolute Gasteiger partial charge is 0.388 e. The van der Waals surface area contributed by atoms with Crippen molar-refractivity contribution in [2.45, 2.75) is 19.9 Å². The lowest BCUT2D eigenvalue weighted by molar-refractivity contribution is 0.620. The lowest BCUT2D eigenvalue weighted by Gasteiger charge is -2.14. The Hall–Kier alpha value is -2.36. The predicted molar refractivity (Wildman–Crippen MR) is 82.9 cm³/mol. The number of hydrogen-bond acceptors (Lipinski definition) is 3. The molecule has 2 heterocycles. The van der Waals surface area contributed by atoms with Crippen molar-refractivity contribution in [3.8, 4) is 11.4 Å². The van der Waals surface area contributed by atoms with Gasteiger partial charge in [-0.15, -0.1) is 0 Å². The van der Waals surface area contributed by atoms with Gasteiger partial charge in [0, 0.05) is 30.5 Å². The van der Waals surface area contributed by atoms with E-state index < -0.39 is 0 Å². The van der Waals surface area contributed by atoms with Crippen LogP contribution in [-0.2, 0) is 0 Å². The first-order valence-corrected chi connectivity index (χ1v) is 6.82. The molecule has 0 aliphatic heterocycles.